The van der Waals surface area contributed by atoms with Gasteiger partial charge in [0.05, 0.1) is 18.1 Å². The zero-order valence-electron chi connectivity index (χ0n) is 12.3. The van der Waals surface area contributed by atoms with E-state index in [1.165, 1.54) is 26.0 Å². The lowest BCUT2D eigenvalue weighted by molar-refractivity contribution is -0.385. The molecule has 1 aromatic rings. The number of methoxy groups -OCH3 is 1. The van der Waals surface area contributed by atoms with Crippen LogP contribution in [0.2, 0.25) is 0 Å². The number of rotatable bonds is 5. The van der Waals surface area contributed by atoms with Crippen molar-refractivity contribution in [2.24, 2.45) is 5.41 Å². The Balaban J connectivity index is 2.02. The molecule has 1 unspecified atom stereocenters. The molecule has 0 saturated heterocycles. The molecule has 1 atom stereocenters. The summed E-state index contributed by atoms with van der Waals surface area (Å²) in [6, 6.07) is 5.40. The predicted molar refractivity (Wildman–Crippen MR) is 77.9 cm³/mol. The minimum absolute atomic E-state index is 0.0768. The van der Waals surface area contributed by atoms with Gasteiger partial charge in [-0.15, -0.1) is 0 Å². The first-order valence-electron chi connectivity index (χ1n) is 6.95. The van der Waals surface area contributed by atoms with E-state index < -0.39 is 0 Å². The molecule has 20 heavy (non-hydrogen) atoms. The zero-order valence-corrected chi connectivity index (χ0v) is 12.3. The summed E-state index contributed by atoms with van der Waals surface area (Å²) in [5.41, 5.74) is 1.37. The van der Waals surface area contributed by atoms with Gasteiger partial charge in [0.2, 0.25) is 0 Å². The Morgan fingerprint density at radius 3 is 2.75 bits per heavy atom. The van der Waals surface area contributed by atoms with Crippen LogP contribution in [-0.2, 0) is 6.54 Å². The molecule has 1 aliphatic rings. The van der Waals surface area contributed by atoms with E-state index in [1.54, 1.807) is 6.07 Å². The molecule has 0 bridgehead atoms. The smallest absolute Gasteiger partial charge is 0.273 e. The second-order valence-corrected chi connectivity index (χ2v) is 6.28. The molecular formula is C15H22N2O3. The van der Waals surface area contributed by atoms with Gasteiger partial charge in [-0.3, -0.25) is 10.1 Å². The van der Waals surface area contributed by atoms with Gasteiger partial charge in [0.1, 0.15) is 5.75 Å². The topological polar surface area (TPSA) is 64.4 Å². The van der Waals surface area contributed by atoms with Crippen LogP contribution in [0.25, 0.3) is 0 Å². The standard InChI is InChI=1S/C15H22N2O3/c1-15(2)5-4-12(9-15)16-10-11-6-13(17(18)19)8-14(7-11)20-3/h6-8,12,16H,4-5,9-10H2,1-3H3. The molecule has 5 nitrogen and oxygen atoms in total. The molecule has 1 aromatic carbocycles. The molecule has 0 amide bonds. The van der Waals surface area contributed by atoms with Gasteiger partial charge < -0.3 is 10.1 Å². The third-order valence-electron chi connectivity index (χ3n) is 3.96. The highest BCUT2D eigenvalue weighted by molar-refractivity contribution is 5.42. The number of nitro benzene ring substituents is 1. The number of benzene rings is 1. The van der Waals surface area contributed by atoms with Gasteiger partial charge in [-0.1, -0.05) is 13.8 Å². The normalized spacial score (nSPS) is 20.9. The van der Waals surface area contributed by atoms with Crippen molar-refractivity contribution in [1.29, 1.82) is 0 Å². The first kappa shape index (κ1) is 14.8. The summed E-state index contributed by atoms with van der Waals surface area (Å²) in [6.07, 6.45) is 3.54. The minimum Gasteiger partial charge on any atom is -0.496 e. The third-order valence-corrected chi connectivity index (χ3v) is 3.96. The molecule has 0 spiro atoms. The van der Waals surface area contributed by atoms with Gasteiger partial charge >= 0.3 is 0 Å². The fourth-order valence-corrected chi connectivity index (χ4v) is 2.84. The first-order chi connectivity index (χ1) is 9.39. The lowest BCUT2D eigenvalue weighted by Crippen LogP contribution is -2.26. The van der Waals surface area contributed by atoms with E-state index in [0.717, 1.165) is 12.0 Å². The van der Waals surface area contributed by atoms with E-state index in [4.69, 9.17) is 4.74 Å². The van der Waals surface area contributed by atoms with Gasteiger partial charge in [0, 0.05) is 18.7 Å². The molecule has 1 saturated carbocycles. The molecule has 0 heterocycles. The summed E-state index contributed by atoms with van der Waals surface area (Å²) in [7, 11) is 1.52. The average Bonchev–Trinajstić information content (AvgIpc) is 2.75. The molecule has 110 valence electrons. The Morgan fingerprint density at radius 2 is 2.20 bits per heavy atom. The van der Waals surface area contributed by atoms with Crippen LogP contribution in [0.4, 0.5) is 5.69 Å². The van der Waals surface area contributed by atoms with Crippen molar-refractivity contribution in [2.75, 3.05) is 7.11 Å². The first-order valence-corrected chi connectivity index (χ1v) is 6.95. The van der Waals surface area contributed by atoms with Gasteiger partial charge in [0.15, 0.2) is 0 Å². The molecule has 0 radical (unpaired) electrons. The molecule has 1 N–H and O–H groups in total. The van der Waals surface area contributed by atoms with Crippen molar-refractivity contribution in [3.63, 3.8) is 0 Å². The number of ether oxygens (including phenoxy) is 1. The fraction of sp³-hybridized carbons (Fsp3) is 0.600. The van der Waals surface area contributed by atoms with Crippen molar-refractivity contribution >= 4 is 5.69 Å². The maximum atomic E-state index is 10.9. The molecule has 1 fully saturated rings. The molecule has 0 aliphatic heterocycles. The monoisotopic (exact) mass is 278 g/mol. The highest BCUT2D eigenvalue weighted by Crippen LogP contribution is 2.37. The van der Waals surface area contributed by atoms with Crippen LogP contribution < -0.4 is 10.1 Å². The number of nitrogens with one attached hydrogen (secondary N) is 1. The molecule has 1 aliphatic carbocycles. The Morgan fingerprint density at radius 1 is 1.45 bits per heavy atom. The average molecular weight is 278 g/mol. The van der Waals surface area contributed by atoms with Crippen LogP contribution in [0.15, 0.2) is 18.2 Å². The number of hydrogen-bond donors (Lipinski definition) is 1. The highest BCUT2D eigenvalue weighted by Gasteiger charge is 2.30. The minimum atomic E-state index is -0.384. The zero-order chi connectivity index (χ0) is 14.8. The Kier molecular flexibility index (Phi) is 4.28. The Hall–Kier alpha value is -1.62. The van der Waals surface area contributed by atoms with E-state index in [0.29, 0.717) is 23.8 Å². The second kappa shape index (κ2) is 5.79. The maximum Gasteiger partial charge on any atom is 0.273 e. The lowest BCUT2D eigenvalue weighted by Gasteiger charge is -2.18. The highest BCUT2D eigenvalue weighted by atomic mass is 16.6. The van der Waals surface area contributed by atoms with Crippen molar-refractivity contribution in [3.05, 3.63) is 33.9 Å². The van der Waals surface area contributed by atoms with E-state index >= 15 is 0 Å². The summed E-state index contributed by atoms with van der Waals surface area (Å²) in [5, 5.41) is 14.4. The van der Waals surface area contributed by atoms with E-state index in [9.17, 15) is 10.1 Å². The summed E-state index contributed by atoms with van der Waals surface area (Å²) in [4.78, 5) is 10.5. The molecule has 0 aromatic heterocycles. The number of hydrogen-bond acceptors (Lipinski definition) is 4. The van der Waals surface area contributed by atoms with E-state index in [-0.39, 0.29) is 10.6 Å². The van der Waals surface area contributed by atoms with Crippen molar-refractivity contribution in [2.45, 2.75) is 45.7 Å². The van der Waals surface area contributed by atoms with Gasteiger partial charge in [-0.2, -0.15) is 0 Å². The van der Waals surface area contributed by atoms with Crippen LogP contribution in [0, 0.1) is 15.5 Å². The molecule has 2 rings (SSSR count). The number of nitro groups is 1. The van der Waals surface area contributed by atoms with E-state index in [2.05, 4.69) is 19.2 Å². The summed E-state index contributed by atoms with van der Waals surface area (Å²) >= 11 is 0. The lowest BCUT2D eigenvalue weighted by atomic mass is 9.92. The van der Waals surface area contributed by atoms with Crippen LogP contribution in [-0.4, -0.2) is 18.1 Å². The van der Waals surface area contributed by atoms with E-state index in [1.807, 2.05) is 6.07 Å². The number of nitrogens with zero attached hydrogens (tertiary/aromatic N) is 1. The fourth-order valence-electron chi connectivity index (χ4n) is 2.84. The van der Waals surface area contributed by atoms with Gasteiger partial charge in [0.25, 0.3) is 5.69 Å². The van der Waals surface area contributed by atoms with Gasteiger partial charge in [-0.25, -0.2) is 0 Å². The second-order valence-electron chi connectivity index (χ2n) is 6.28. The van der Waals surface area contributed by atoms with Crippen LogP contribution in [0.3, 0.4) is 0 Å². The van der Waals surface area contributed by atoms with Crippen molar-refractivity contribution in [3.8, 4) is 5.75 Å². The van der Waals surface area contributed by atoms with Crippen LogP contribution in [0.5, 0.6) is 5.75 Å². The van der Waals surface area contributed by atoms with Crippen molar-refractivity contribution < 1.29 is 9.66 Å². The summed E-state index contributed by atoms with van der Waals surface area (Å²) < 4.78 is 5.12. The van der Waals surface area contributed by atoms with Crippen LogP contribution >= 0.6 is 0 Å². The predicted octanol–water partition coefficient (Wildman–Crippen LogP) is 3.27. The third kappa shape index (κ3) is 3.70. The van der Waals surface area contributed by atoms with Gasteiger partial charge in [-0.05, 0) is 36.3 Å². The molecular weight excluding hydrogens is 256 g/mol. The molecule has 5 heteroatoms. The Labute approximate surface area is 119 Å². The van der Waals surface area contributed by atoms with Crippen molar-refractivity contribution in [1.82, 2.24) is 5.32 Å². The largest absolute Gasteiger partial charge is 0.496 e. The quantitative estimate of drug-likeness (QED) is 0.663. The SMILES string of the molecule is COc1cc(CNC2CCC(C)(C)C2)cc([N+](=O)[O-])c1. The van der Waals surface area contributed by atoms with Crippen LogP contribution in [0.1, 0.15) is 38.7 Å². The summed E-state index contributed by atoms with van der Waals surface area (Å²) in [5.74, 6) is 0.530. The summed E-state index contributed by atoms with van der Waals surface area (Å²) in [6.45, 7) is 5.20. The maximum absolute atomic E-state index is 10.9. The Bertz CT molecular complexity index is 500. The number of non-ortho nitro benzene ring substituents is 1.